The van der Waals surface area contributed by atoms with Gasteiger partial charge in [-0.25, -0.2) is 17.9 Å². The monoisotopic (exact) mass is 419 g/mol. The molecule has 1 aliphatic rings. The van der Waals surface area contributed by atoms with Gasteiger partial charge in [0.1, 0.15) is 6.61 Å². The summed E-state index contributed by atoms with van der Waals surface area (Å²) in [5.41, 5.74) is 0.692. The number of likely N-dealkylation sites (N-methyl/N-ethyl adjacent to an activating group) is 1. The molecule has 0 radical (unpaired) electrons. The molecule has 0 fully saturated rings. The molecule has 2 amide bonds. The maximum Gasteiger partial charge on any atom is 0.317 e. The Bertz CT molecular complexity index is 964. The van der Waals surface area contributed by atoms with Crippen LogP contribution in [0.4, 0.5) is 4.79 Å². The van der Waals surface area contributed by atoms with Crippen molar-refractivity contribution in [2.45, 2.75) is 24.5 Å². The van der Waals surface area contributed by atoms with Crippen molar-refractivity contribution in [1.29, 1.82) is 0 Å². The van der Waals surface area contributed by atoms with Gasteiger partial charge in [0, 0.05) is 13.1 Å². The van der Waals surface area contributed by atoms with Gasteiger partial charge in [0.05, 0.1) is 11.4 Å². The molecule has 3 rings (SSSR count). The summed E-state index contributed by atoms with van der Waals surface area (Å²) in [4.78, 5) is 14.4. The minimum Gasteiger partial charge on any atom is -0.486 e. The van der Waals surface area contributed by atoms with E-state index in [-0.39, 0.29) is 23.6 Å². The number of carbonyl (C=O) groups is 1. The van der Waals surface area contributed by atoms with Crippen molar-refractivity contribution in [3.63, 3.8) is 0 Å². The van der Waals surface area contributed by atoms with Crippen molar-refractivity contribution < 1.29 is 22.7 Å². The number of rotatable bonds is 7. The molecule has 0 spiro atoms. The first-order valence-electron chi connectivity index (χ1n) is 9.36. The second kappa shape index (κ2) is 9.15. The number of carbonyl (C=O) groups excluding carboxylic acids is 1. The highest BCUT2D eigenvalue weighted by Gasteiger charge is 2.24. The Morgan fingerprint density at radius 1 is 1.17 bits per heavy atom. The minimum atomic E-state index is -3.53. The molecular weight excluding hydrogens is 394 g/mol. The van der Waals surface area contributed by atoms with Crippen LogP contribution >= 0.6 is 0 Å². The van der Waals surface area contributed by atoms with E-state index in [1.165, 1.54) is 19.2 Å². The van der Waals surface area contributed by atoms with E-state index in [4.69, 9.17) is 9.47 Å². The van der Waals surface area contributed by atoms with Crippen molar-refractivity contribution in [3.8, 4) is 11.5 Å². The number of urea groups is 1. The minimum absolute atomic E-state index is 0.158. The third-order valence-electron chi connectivity index (χ3n) is 4.58. The molecule has 156 valence electrons. The van der Waals surface area contributed by atoms with Crippen LogP contribution in [-0.4, -0.2) is 52.2 Å². The highest BCUT2D eigenvalue weighted by atomic mass is 32.2. The Hall–Kier alpha value is -2.78. The molecule has 2 aromatic rings. The average Bonchev–Trinajstić information content (AvgIpc) is 2.75. The SMILES string of the molecule is CCN(C[C@@H]1COc2ccccc2O1)C(=O)NCc1cccc(S(=O)(=O)NC)c1. The van der Waals surface area contributed by atoms with Crippen molar-refractivity contribution in [1.82, 2.24) is 14.9 Å². The maximum absolute atomic E-state index is 12.6. The molecule has 0 aromatic heterocycles. The second-order valence-corrected chi connectivity index (χ2v) is 8.44. The van der Waals surface area contributed by atoms with Gasteiger partial charge in [-0.15, -0.1) is 0 Å². The molecule has 9 heteroatoms. The van der Waals surface area contributed by atoms with Crippen LogP contribution in [0.2, 0.25) is 0 Å². The Kier molecular flexibility index (Phi) is 6.60. The summed E-state index contributed by atoms with van der Waals surface area (Å²) >= 11 is 0. The van der Waals surface area contributed by atoms with Crippen molar-refractivity contribution in [2.24, 2.45) is 0 Å². The first-order valence-corrected chi connectivity index (χ1v) is 10.8. The summed E-state index contributed by atoms with van der Waals surface area (Å²) in [6, 6.07) is 13.6. The number of nitrogens with zero attached hydrogens (tertiary/aromatic N) is 1. The van der Waals surface area contributed by atoms with Gasteiger partial charge in [0.15, 0.2) is 17.6 Å². The van der Waals surface area contributed by atoms with Gasteiger partial charge in [0.25, 0.3) is 0 Å². The lowest BCUT2D eigenvalue weighted by Gasteiger charge is -2.31. The van der Waals surface area contributed by atoms with Crippen LogP contribution < -0.4 is 19.5 Å². The molecule has 0 aliphatic carbocycles. The van der Waals surface area contributed by atoms with E-state index in [0.717, 1.165) is 0 Å². The molecule has 8 nitrogen and oxygen atoms in total. The summed E-state index contributed by atoms with van der Waals surface area (Å²) in [6.07, 6.45) is -0.264. The number of para-hydroxylation sites is 2. The standard InChI is InChI=1S/C20H25N3O5S/c1-3-23(13-16-14-27-18-9-4-5-10-19(18)28-16)20(24)22-12-15-7-6-8-17(11-15)29(25,26)21-2/h4-11,16,21H,3,12-14H2,1-2H3,(H,22,24)/t16-/m1/s1. The van der Waals surface area contributed by atoms with Crippen LogP contribution in [0.5, 0.6) is 11.5 Å². The Morgan fingerprint density at radius 2 is 1.93 bits per heavy atom. The topological polar surface area (TPSA) is 97.0 Å². The van der Waals surface area contributed by atoms with E-state index in [1.807, 2.05) is 31.2 Å². The smallest absolute Gasteiger partial charge is 0.317 e. The molecule has 0 saturated heterocycles. The summed E-state index contributed by atoms with van der Waals surface area (Å²) in [7, 11) is -2.17. The van der Waals surface area contributed by atoms with E-state index in [0.29, 0.717) is 36.8 Å². The second-order valence-electron chi connectivity index (χ2n) is 6.55. The van der Waals surface area contributed by atoms with Gasteiger partial charge in [-0.1, -0.05) is 24.3 Å². The van der Waals surface area contributed by atoms with Gasteiger partial charge in [-0.3, -0.25) is 0 Å². The predicted molar refractivity (Wildman–Crippen MR) is 109 cm³/mol. The molecule has 2 aromatic carbocycles. The zero-order valence-electron chi connectivity index (χ0n) is 16.4. The number of hydrogen-bond acceptors (Lipinski definition) is 5. The van der Waals surface area contributed by atoms with Crippen LogP contribution in [0.25, 0.3) is 0 Å². The van der Waals surface area contributed by atoms with E-state index >= 15 is 0 Å². The fourth-order valence-electron chi connectivity index (χ4n) is 2.98. The summed E-state index contributed by atoms with van der Waals surface area (Å²) < 4.78 is 37.7. The fourth-order valence-corrected chi connectivity index (χ4v) is 3.78. The van der Waals surface area contributed by atoms with E-state index in [9.17, 15) is 13.2 Å². The normalized spacial score (nSPS) is 15.6. The quantitative estimate of drug-likeness (QED) is 0.715. The highest BCUT2D eigenvalue weighted by molar-refractivity contribution is 7.89. The fraction of sp³-hybridized carbons (Fsp3) is 0.350. The third-order valence-corrected chi connectivity index (χ3v) is 5.99. The Labute approximate surface area is 170 Å². The van der Waals surface area contributed by atoms with E-state index in [2.05, 4.69) is 10.0 Å². The van der Waals surface area contributed by atoms with Gasteiger partial charge in [-0.2, -0.15) is 0 Å². The van der Waals surface area contributed by atoms with Gasteiger partial charge in [-0.05, 0) is 43.8 Å². The Balaban J connectivity index is 1.58. The largest absolute Gasteiger partial charge is 0.486 e. The lowest BCUT2D eigenvalue weighted by atomic mass is 10.2. The number of sulfonamides is 1. The number of amides is 2. The lowest BCUT2D eigenvalue weighted by Crippen LogP contribution is -2.47. The molecule has 1 aliphatic heterocycles. The molecule has 0 bridgehead atoms. The van der Waals surface area contributed by atoms with Crippen LogP contribution in [0.3, 0.4) is 0 Å². The summed E-state index contributed by atoms with van der Waals surface area (Å²) in [5.74, 6) is 1.37. The average molecular weight is 420 g/mol. The van der Waals surface area contributed by atoms with E-state index in [1.54, 1.807) is 17.0 Å². The maximum atomic E-state index is 12.6. The first kappa shape index (κ1) is 20.9. The van der Waals surface area contributed by atoms with Gasteiger partial charge >= 0.3 is 6.03 Å². The molecule has 0 saturated carbocycles. The zero-order valence-corrected chi connectivity index (χ0v) is 17.2. The molecule has 2 N–H and O–H groups in total. The summed E-state index contributed by atoms with van der Waals surface area (Å²) in [5, 5.41) is 2.83. The van der Waals surface area contributed by atoms with Crippen molar-refractivity contribution in [2.75, 3.05) is 26.7 Å². The Morgan fingerprint density at radius 3 is 2.66 bits per heavy atom. The predicted octanol–water partition coefficient (Wildman–Crippen LogP) is 1.97. The van der Waals surface area contributed by atoms with Gasteiger partial charge in [0.2, 0.25) is 10.0 Å². The number of benzene rings is 2. The number of fused-ring (bicyclic) bond motifs is 1. The first-order chi connectivity index (χ1) is 13.9. The van der Waals surface area contributed by atoms with Gasteiger partial charge < -0.3 is 19.7 Å². The van der Waals surface area contributed by atoms with Crippen LogP contribution in [0.15, 0.2) is 53.4 Å². The molecule has 0 unspecified atom stereocenters. The van der Waals surface area contributed by atoms with E-state index < -0.39 is 10.0 Å². The lowest BCUT2D eigenvalue weighted by molar-refractivity contribution is 0.0675. The third kappa shape index (κ3) is 5.18. The zero-order chi connectivity index (χ0) is 20.9. The van der Waals surface area contributed by atoms with Crippen LogP contribution in [0.1, 0.15) is 12.5 Å². The van der Waals surface area contributed by atoms with Crippen molar-refractivity contribution in [3.05, 3.63) is 54.1 Å². The number of hydrogen-bond donors (Lipinski definition) is 2. The van der Waals surface area contributed by atoms with Crippen molar-refractivity contribution >= 4 is 16.1 Å². The number of ether oxygens (including phenoxy) is 2. The molecule has 1 heterocycles. The van der Waals surface area contributed by atoms with Crippen LogP contribution in [0, 0.1) is 0 Å². The highest BCUT2D eigenvalue weighted by Crippen LogP contribution is 2.31. The summed E-state index contributed by atoms with van der Waals surface area (Å²) in [6.45, 7) is 3.35. The number of nitrogens with one attached hydrogen (secondary N) is 2. The molecule has 29 heavy (non-hydrogen) atoms. The molecular formula is C20H25N3O5S. The van der Waals surface area contributed by atoms with Crippen LogP contribution in [-0.2, 0) is 16.6 Å². The molecule has 1 atom stereocenters.